The van der Waals surface area contributed by atoms with Gasteiger partial charge in [-0.25, -0.2) is 0 Å². The van der Waals surface area contributed by atoms with E-state index in [1.165, 1.54) is 0 Å². The average Bonchev–Trinajstić information content (AvgIpc) is 2.30. The lowest BCUT2D eigenvalue weighted by Gasteiger charge is -2.09. The molecule has 1 nitrogen and oxygen atoms in total. The van der Waals surface area contributed by atoms with Gasteiger partial charge in [-0.2, -0.15) is 0 Å². The molecule has 0 amide bonds. The van der Waals surface area contributed by atoms with Crippen molar-refractivity contribution < 1.29 is 4.89 Å². The predicted molar refractivity (Wildman–Crippen MR) is 68.5 cm³/mol. The average molecular weight is 239 g/mol. The second-order valence-corrected chi connectivity index (χ2v) is 4.64. The van der Waals surface area contributed by atoms with Crippen LogP contribution in [0.25, 0.3) is 0 Å². The van der Waals surface area contributed by atoms with Crippen LogP contribution in [0, 0.1) is 0 Å². The van der Waals surface area contributed by atoms with Crippen molar-refractivity contribution in [2.75, 3.05) is 0 Å². The predicted octanol–water partition coefficient (Wildman–Crippen LogP) is 2.45. The molecule has 0 saturated heterocycles. The third kappa shape index (κ3) is 3.04. The third-order valence-corrected chi connectivity index (χ3v) is 3.58. The van der Waals surface area contributed by atoms with Gasteiger partial charge in [0.2, 0.25) is 0 Å². The van der Waals surface area contributed by atoms with Gasteiger partial charge >= 0.3 is 0 Å². The summed E-state index contributed by atoms with van der Waals surface area (Å²) in [7, 11) is -1.17. The summed E-state index contributed by atoms with van der Waals surface area (Å²) < 4.78 is 0. The number of halogens is 1. The second-order valence-electron chi connectivity index (χ2n) is 2.98. The summed E-state index contributed by atoms with van der Waals surface area (Å²) in [5, 5.41) is 1.99. The summed E-state index contributed by atoms with van der Waals surface area (Å²) in [6.07, 6.45) is 0. The first-order valence-electron chi connectivity index (χ1n) is 4.47. The molecule has 0 bridgehead atoms. The van der Waals surface area contributed by atoms with Crippen molar-refractivity contribution in [1.29, 1.82) is 0 Å². The van der Waals surface area contributed by atoms with Gasteiger partial charge < -0.3 is 4.89 Å². The smallest absolute Gasteiger partial charge is 0.0877 e. The highest BCUT2D eigenvalue weighted by molar-refractivity contribution is 7.67. The van der Waals surface area contributed by atoms with E-state index >= 15 is 0 Å². The Morgan fingerprint density at radius 1 is 0.667 bits per heavy atom. The fraction of sp³-hybridized carbons (Fsp3) is 0. The Hall–Kier alpha value is -0.880. The largest absolute Gasteiger partial charge is 0.364 e. The highest BCUT2D eigenvalue weighted by atomic mass is 35.5. The van der Waals surface area contributed by atoms with E-state index in [4.69, 9.17) is 0 Å². The molecule has 0 aromatic heterocycles. The molecule has 0 spiro atoms. The molecule has 0 aliphatic rings. The third-order valence-electron chi connectivity index (χ3n) is 2.00. The molecule has 0 heterocycles. The van der Waals surface area contributed by atoms with Crippen LogP contribution < -0.4 is 10.6 Å². The van der Waals surface area contributed by atoms with Gasteiger partial charge in [-0.05, 0) is 0 Å². The van der Waals surface area contributed by atoms with E-state index < -0.39 is 8.15 Å². The standard InChI is InChI=1S/C12H11OP.ClH/c13-14(11-7-3-1-4-8-11)12-9-5-2-6-10-12;/h1-10,13H;1H. The van der Waals surface area contributed by atoms with Crippen LogP contribution >= 0.6 is 20.6 Å². The molecule has 0 fully saturated rings. The van der Waals surface area contributed by atoms with E-state index in [0.29, 0.717) is 0 Å². The van der Waals surface area contributed by atoms with E-state index in [0.717, 1.165) is 10.6 Å². The Kier molecular flexibility index (Phi) is 4.77. The van der Waals surface area contributed by atoms with Crippen molar-refractivity contribution in [3.63, 3.8) is 0 Å². The molecule has 2 rings (SSSR count). The first-order chi connectivity index (χ1) is 6.88. The SMILES string of the molecule is Cl.OP(c1ccccc1)c1ccccc1. The van der Waals surface area contributed by atoms with Crippen molar-refractivity contribution >= 4 is 31.2 Å². The van der Waals surface area contributed by atoms with E-state index in [9.17, 15) is 4.89 Å². The van der Waals surface area contributed by atoms with Crippen LogP contribution in [0.5, 0.6) is 0 Å². The maximum Gasteiger partial charge on any atom is 0.0877 e. The van der Waals surface area contributed by atoms with Gasteiger partial charge in [-0.3, -0.25) is 0 Å². The first-order valence-corrected chi connectivity index (χ1v) is 5.76. The zero-order valence-electron chi connectivity index (χ0n) is 8.08. The Morgan fingerprint density at radius 2 is 1.00 bits per heavy atom. The molecular weight excluding hydrogens is 227 g/mol. The Balaban J connectivity index is 0.00000112. The molecule has 0 aliphatic carbocycles. The van der Waals surface area contributed by atoms with Crippen molar-refractivity contribution in [1.82, 2.24) is 0 Å². The van der Waals surface area contributed by atoms with E-state index in [-0.39, 0.29) is 12.4 Å². The van der Waals surface area contributed by atoms with E-state index in [1.807, 2.05) is 60.7 Å². The number of hydrogen-bond acceptors (Lipinski definition) is 1. The fourth-order valence-electron chi connectivity index (χ4n) is 1.29. The van der Waals surface area contributed by atoms with Crippen LogP contribution in [0.4, 0.5) is 0 Å². The molecule has 2 aromatic carbocycles. The molecule has 15 heavy (non-hydrogen) atoms. The molecule has 0 atom stereocenters. The molecule has 2 aromatic rings. The molecular formula is C12H12ClOP. The van der Waals surface area contributed by atoms with Gasteiger partial charge in [0.15, 0.2) is 0 Å². The second kappa shape index (κ2) is 5.87. The number of rotatable bonds is 2. The van der Waals surface area contributed by atoms with Crippen molar-refractivity contribution in [2.24, 2.45) is 0 Å². The highest BCUT2D eigenvalue weighted by Crippen LogP contribution is 2.26. The van der Waals surface area contributed by atoms with Gasteiger partial charge in [0.25, 0.3) is 0 Å². The maximum atomic E-state index is 10.1. The summed E-state index contributed by atoms with van der Waals surface area (Å²) in [5.41, 5.74) is 0. The molecule has 0 saturated carbocycles. The minimum Gasteiger partial charge on any atom is -0.364 e. The lowest BCUT2D eigenvalue weighted by atomic mass is 10.4. The van der Waals surface area contributed by atoms with E-state index in [1.54, 1.807) is 0 Å². The zero-order chi connectivity index (χ0) is 9.80. The van der Waals surface area contributed by atoms with Gasteiger partial charge in [0, 0.05) is 10.6 Å². The molecule has 0 unspecified atom stereocenters. The van der Waals surface area contributed by atoms with Crippen LogP contribution in [-0.4, -0.2) is 4.89 Å². The maximum absolute atomic E-state index is 10.1. The quantitative estimate of drug-likeness (QED) is 0.797. The van der Waals surface area contributed by atoms with Gasteiger partial charge in [0.05, 0.1) is 8.15 Å². The van der Waals surface area contributed by atoms with Gasteiger partial charge in [-0.15, -0.1) is 12.4 Å². The molecule has 78 valence electrons. The number of hydrogen-bond donors (Lipinski definition) is 1. The number of benzene rings is 2. The summed E-state index contributed by atoms with van der Waals surface area (Å²) >= 11 is 0. The lowest BCUT2D eigenvalue weighted by Crippen LogP contribution is -2.09. The van der Waals surface area contributed by atoms with Crippen LogP contribution in [-0.2, 0) is 0 Å². The van der Waals surface area contributed by atoms with Crippen molar-refractivity contribution in [3.8, 4) is 0 Å². The minimum atomic E-state index is -1.17. The summed E-state index contributed by atoms with van der Waals surface area (Å²) in [4.78, 5) is 10.1. The Bertz CT molecular complexity index is 351. The molecule has 0 radical (unpaired) electrons. The molecule has 1 N–H and O–H groups in total. The van der Waals surface area contributed by atoms with Crippen LogP contribution in [0.2, 0.25) is 0 Å². The van der Waals surface area contributed by atoms with Crippen LogP contribution in [0.15, 0.2) is 60.7 Å². The first kappa shape index (κ1) is 12.2. The zero-order valence-corrected chi connectivity index (χ0v) is 9.79. The van der Waals surface area contributed by atoms with Gasteiger partial charge in [0.1, 0.15) is 0 Å². The fourth-order valence-corrected chi connectivity index (χ4v) is 2.49. The van der Waals surface area contributed by atoms with Crippen LogP contribution in [0.3, 0.4) is 0 Å². The highest BCUT2D eigenvalue weighted by Gasteiger charge is 2.08. The molecule has 3 heteroatoms. The van der Waals surface area contributed by atoms with E-state index in [2.05, 4.69) is 0 Å². The summed E-state index contributed by atoms with van der Waals surface area (Å²) in [6.45, 7) is 0. The topological polar surface area (TPSA) is 20.2 Å². The Labute approximate surface area is 97.0 Å². The summed E-state index contributed by atoms with van der Waals surface area (Å²) in [6, 6.07) is 19.5. The summed E-state index contributed by atoms with van der Waals surface area (Å²) in [5.74, 6) is 0. The Morgan fingerprint density at radius 3 is 1.33 bits per heavy atom. The van der Waals surface area contributed by atoms with Gasteiger partial charge in [-0.1, -0.05) is 60.7 Å². The monoisotopic (exact) mass is 238 g/mol. The normalized spacial score (nSPS) is 9.73. The minimum absolute atomic E-state index is 0. The van der Waals surface area contributed by atoms with Crippen molar-refractivity contribution in [3.05, 3.63) is 60.7 Å². The lowest BCUT2D eigenvalue weighted by molar-refractivity contribution is 0.644. The van der Waals surface area contributed by atoms with Crippen molar-refractivity contribution in [2.45, 2.75) is 0 Å². The van der Waals surface area contributed by atoms with Crippen LogP contribution in [0.1, 0.15) is 0 Å². The molecule has 0 aliphatic heterocycles.